The van der Waals surface area contributed by atoms with Crippen molar-refractivity contribution in [2.45, 2.75) is 107 Å². The van der Waals surface area contributed by atoms with E-state index in [0.717, 1.165) is 0 Å². The number of nitrogens with zero attached hydrogens (tertiary/aromatic N) is 8. The third-order valence-corrected chi connectivity index (χ3v) is 5.58. The van der Waals surface area contributed by atoms with Gasteiger partial charge in [0.15, 0.2) is 0 Å². The van der Waals surface area contributed by atoms with Crippen LogP contribution < -0.4 is 0 Å². The maximum Gasteiger partial charge on any atom is 4.00 e. The molecule has 27 heteroatoms. The predicted molar refractivity (Wildman–Crippen MR) is 184 cm³/mol. The number of hydrogen-bond donors (Lipinski definition) is 0. The van der Waals surface area contributed by atoms with Crippen LogP contribution in [0.1, 0.15) is 107 Å². The third-order valence-electron chi connectivity index (χ3n) is 5.58. The van der Waals surface area contributed by atoms with E-state index in [4.69, 9.17) is 91.9 Å². The van der Waals surface area contributed by atoms with Crippen LogP contribution >= 0.6 is 0 Å². The zero-order valence-electron chi connectivity index (χ0n) is 30.7. The van der Waals surface area contributed by atoms with Crippen LogP contribution in [0.2, 0.25) is 0 Å². The Bertz CT molecular complexity index is 616. The second-order valence-electron chi connectivity index (χ2n) is 9.81. The summed E-state index contributed by atoms with van der Waals surface area (Å²) in [6.45, 7) is 29.6. The summed E-state index contributed by atoms with van der Waals surface area (Å²) in [7, 11) is 0. The molecule has 0 atom stereocenters. The van der Waals surface area contributed by atoms with Crippen LogP contribution in [0.15, 0.2) is 0 Å². The van der Waals surface area contributed by atoms with Gasteiger partial charge in [0.05, 0.1) is 82.9 Å². The zero-order valence-corrected chi connectivity index (χ0v) is 34.9. The van der Waals surface area contributed by atoms with Gasteiger partial charge in [0.1, 0.15) is 0 Å². The Kier molecular flexibility index (Phi) is 71.7. The van der Waals surface area contributed by atoms with Gasteiger partial charge in [0.25, 0.3) is 0 Å². The molecular weight excluding hydrogens is 926 g/mol. The van der Waals surface area contributed by atoms with Crippen LogP contribution in [-0.4, -0.2) is 91.8 Å². The van der Waals surface area contributed by atoms with E-state index in [1.54, 1.807) is 0 Å². The standard InChI is InChI=1S/2C12H28N.6NO3.U/c2*1-5-9-13(10-6-2,11-7-3)12-8-4;6*2-1(3)4;/h2*5-12H2,1-4H3;;;;;;;/q2*+1;6*-1;+4. The Hall–Kier alpha value is -3.83. The minimum Gasteiger partial charge on any atom is -0.356 e. The molecule has 0 bridgehead atoms. The van der Waals surface area contributed by atoms with Crippen molar-refractivity contribution < 1.29 is 70.6 Å². The van der Waals surface area contributed by atoms with Crippen molar-refractivity contribution >= 4 is 0 Å². The minimum absolute atomic E-state index is 0. The Morgan fingerprint density at radius 3 is 0.373 bits per heavy atom. The van der Waals surface area contributed by atoms with E-state index in [0.29, 0.717) is 0 Å². The molecule has 0 spiro atoms. The molecule has 0 aromatic heterocycles. The van der Waals surface area contributed by atoms with Crippen LogP contribution in [-0.2, 0) is 0 Å². The van der Waals surface area contributed by atoms with Crippen molar-refractivity contribution in [2.24, 2.45) is 0 Å². The summed E-state index contributed by atoms with van der Waals surface area (Å²) in [4.78, 5) is 49.5. The Morgan fingerprint density at radius 2 is 0.333 bits per heavy atom. The van der Waals surface area contributed by atoms with E-state index in [-0.39, 0.29) is 31.1 Å². The molecule has 0 amide bonds. The molecule has 0 aliphatic carbocycles. The first kappa shape index (κ1) is 69.0. The van der Waals surface area contributed by atoms with Crippen molar-refractivity contribution in [3.63, 3.8) is 0 Å². The van der Waals surface area contributed by atoms with Crippen molar-refractivity contribution in [1.29, 1.82) is 0 Å². The largest absolute Gasteiger partial charge is 4.00 e. The monoisotopic (exact) mass is 982 g/mol. The number of quaternary nitrogens is 2. The predicted octanol–water partition coefficient (Wildman–Crippen LogP) is 5.45. The van der Waals surface area contributed by atoms with Crippen molar-refractivity contribution in [2.75, 3.05) is 52.4 Å². The molecule has 51 heavy (non-hydrogen) atoms. The molecule has 0 aliphatic heterocycles. The first-order valence-electron chi connectivity index (χ1n) is 15.5. The van der Waals surface area contributed by atoms with Gasteiger partial charge in [0.2, 0.25) is 0 Å². The molecule has 0 heterocycles. The summed E-state index contributed by atoms with van der Waals surface area (Å²) in [5, 5.41) is 88.5. The zero-order chi connectivity index (χ0) is 41.8. The van der Waals surface area contributed by atoms with Gasteiger partial charge in [0, 0.05) is 0 Å². The molecule has 26 nitrogen and oxygen atoms in total. The average Bonchev–Trinajstić information content (AvgIpc) is 2.88. The molecule has 304 valence electrons. The SMILES string of the molecule is CCC[N+](CCC)(CCC)CCC.CCC[N+](CCC)(CCC)CCC.O=[N+]([O-])[O-].O=[N+]([O-])[O-].O=[N+]([O-])[O-].O=[N+]([O-])[O-].O=[N+]([O-])[O-].O=[N+]([O-])[O-].[U+4]. The van der Waals surface area contributed by atoms with Crippen LogP contribution in [0.5, 0.6) is 0 Å². The quantitative estimate of drug-likeness (QED) is 0.105. The van der Waals surface area contributed by atoms with Crippen LogP contribution in [0.3, 0.4) is 0 Å². The molecule has 0 radical (unpaired) electrons. The summed E-state index contributed by atoms with van der Waals surface area (Å²) in [5.41, 5.74) is 0. The van der Waals surface area contributed by atoms with Crippen LogP contribution in [0.4, 0.5) is 0 Å². The number of hydrogen-bond acceptors (Lipinski definition) is 18. The molecule has 0 aromatic rings. The summed E-state index contributed by atoms with van der Waals surface area (Å²) >= 11 is 0. The Morgan fingerprint density at radius 1 is 0.275 bits per heavy atom. The molecule has 0 saturated heterocycles. The fourth-order valence-electron chi connectivity index (χ4n) is 5.14. The molecule has 0 unspecified atom stereocenters. The van der Waals surface area contributed by atoms with E-state index in [2.05, 4.69) is 55.4 Å². The normalized spacial score (nSPS) is 8.94. The fraction of sp³-hybridized carbons (Fsp3) is 1.00. The van der Waals surface area contributed by atoms with Crippen molar-refractivity contribution in [3.8, 4) is 0 Å². The summed E-state index contributed by atoms with van der Waals surface area (Å²) in [6, 6.07) is 0. The van der Waals surface area contributed by atoms with Crippen molar-refractivity contribution in [1.82, 2.24) is 0 Å². The first-order valence-corrected chi connectivity index (χ1v) is 15.5. The van der Waals surface area contributed by atoms with Gasteiger partial charge in [-0.3, -0.25) is 0 Å². The van der Waals surface area contributed by atoms with Crippen LogP contribution in [0.25, 0.3) is 0 Å². The molecule has 0 rings (SSSR count). The van der Waals surface area contributed by atoms with E-state index in [9.17, 15) is 0 Å². The topological polar surface area (TPSA) is 397 Å². The van der Waals surface area contributed by atoms with Crippen molar-refractivity contribution in [3.05, 3.63) is 91.9 Å². The average molecular weight is 983 g/mol. The molecule has 0 aromatic carbocycles. The second-order valence-corrected chi connectivity index (χ2v) is 9.81. The van der Waals surface area contributed by atoms with E-state index >= 15 is 0 Å². The van der Waals surface area contributed by atoms with Gasteiger partial charge in [-0.05, 0) is 51.4 Å². The number of rotatable bonds is 16. The van der Waals surface area contributed by atoms with Gasteiger partial charge in [-0.25, -0.2) is 0 Å². The second kappa shape index (κ2) is 53.0. The Labute approximate surface area is 320 Å². The summed E-state index contributed by atoms with van der Waals surface area (Å²) in [5.74, 6) is 0. The van der Waals surface area contributed by atoms with Gasteiger partial charge >= 0.3 is 31.1 Å². The minimum atomic E-state index is -1.75. The van der Waals surface area contributed by atoms with Gasteiger partial charge < -0.3 is 101 Å². The smallest absolute Gasteiger partial charge is 0.356 e. The van der Waals surface area contributed by atoms with Gasteiger partial charge in [-0.2, -0.15) is 0 Å². The van der Waals surface area contributed by atoms with E-state index in [1.807, 2.05) is 0 Å². The van der Waals surface area contributed by atoms with E-state index in [1.165, 1.54) is 113 Å². The summed E-state index contributed by atoms with van der Waals surface area (Å²) < 4.78 is 2.75. The maximum absolute atomic E-state index is 8.25. The Balaban J connectivity index is -0.0000000609. The first-order chi connectivity index (χ1) is 22.9. The molecule has 0 saturated carbocycles. The molecule has 0 N–H and O–H groups in total. The maximum atomic E-state index is 8.25. The van der Waals surface area contributed by atoms with Gasteiger partial charge in [-0.1, -0.05) is 55.4 Å². The fourth-order valence-corrected chi connectivity index (χ4v) is 5.14. The third kappa shape index (κ3) is 114. The van der Waals surface area contributed by atoms with Crippen LogP contribution in [0, 0.1) is 123 Å². The summed E-state index contributed by atoms with van der Waals surface area (Å²) in [6.07, 6.45) is 10.7. The van der Waals surface area contributed by atoms with Gasteiger partial charge in [-0.15, -0.1) is 0 Å². The molecule has 0 fully saturated rings. The molecular formula is C24H56N8O18U. The van der Waals surface area contributed by atoms with E-state index < -0.39 is 30.5 Å². The molecule has 0 aliphatic rings.